The largest absolute Gasteiger partial charge is 0.352 e. The lowest BCUT2D eigenvalue weighted by Gasteiger charge is -2.23. The number of carbonyl (C=O) groups excluding carboxylic acids is 3. The normalized spacial score (nSPS) is 13.3. The van der Waals surface area contributed by atoms with Gasteiger partial charge in [-0.1, -0.05) is 20.4 Å². The Morgan fingerprint density at radius 1 is 1.29 bits per heavy atom. The smallest absolute Gasteiger partial charge is 0.312 e. The van der Waals surface area contributed by atoms with Crippen LogP contribution in [0, 0.1) is 5.92 Å². The lowest BCUT2D eigenvalue weighted by Crippen LogP contribution is -2.51. The second-order valence-corrected chi connectivity index (χ2v) is 5.11. The van der Waals surface area contributed by atoms with Gasteiger partial charge in [-0.2, -0.15) is 0 Å². The summed E-state index contributed by atoms with van der Waals surface area (Å²) in [6, 6.07) is -1.62. The van der Waals surface area contributed by atoms with Crippen molar-refractivity contribution in [2.24, 2.45) is 11.7 Å². The molecule has 0 aromatic carbocycles. The van der Waals surface area contributed by atoms with Crippen molar-refractivity contribution in [3.63, 3.8) is 0 Å². The third-order valence-corrected chi connectivity index (χ3v) is 3.09. The van der Waals surface area contributed by atoms with Crippen LogP contribution in [0.25, 0.3) is 0 Å². The molecular formula is C14H26N4O3. The molecule has 0 aliphatic carbocycles. The molecule has 7 nitrogen and oxygen atoms in total. The number of likely N-dealkylation sites (N-methyl/N-ethyl adjacent to an activating group) is 1. The van der Waals surface area contributed by atoms with Crippen LogP contribution in [0.3, 0.4) is 0 Å². The maximum atomic E-state index is 12.1. The molecule has 5 N–H and O–H groups in total. The van der Waals surface area contributed by atoms with Crippen LogP contribution in [0.2, 0.25) is 0 Å². The van der Waals surface area contributed by atoms with Crippen molar-refractivity contribution in [3.8, 4) is 0 Å². The first kappa shape index (κ1) is 19.1. The van der Waals surface area contributed by atoms with Gasteiger partial charge in [0.25, 0.3) is 0 Å². The molecule has 21 heavy (non-hydrogen) atoms. The second-order valence-electron chi connectivity index (χ2n) is 5.11. The van der Waals surface area contributed by atoms with Gasteiger partial charge in [0.15, 0.2) is 5.78 Å². The highest BCUT2D eigenvalue weighted by Gasteiger charge is 2.24. The lowest BCUT2D eigenvalue weighted by molar-refractivity contribution is -0.128. The molecule has 0 unspecified atom stereocenters. The molecule has 0 radical (unpaired) electrons. The van der Waals surface area contributed by atoms with E-state index in [4.69, 9.17) is 5.73 Å². The summed E-state index contributed by atoms with van der Waals surface area (Å²) in [7, 11) is 1.70. The highest BCUT2D eigenvalue weighted by Crippen LogP contribution is 2.04. The number of primary amides is 1. The molecule has 0 spiro atoms. The zero-order chi connectivity index (χ0) is 16.4. The summed E-state index contributed by atoms with van der Waals surface area (Å²) in [5.41, 5.74) is 4.96. The topological polar surface area (TPSA) is 113 Å². The number of ketones is 1. The molecule has 0 aromatic heterocycles. The molecule has 0 heterocycles. The first-order chi connectivity index (χ1) is 9.83. The summed E-state index contributed by atoms with van der Waals surface area (Å²) < 4.78 is 0. The molecule has 0 saturated heterocycles. The van der Waals surface area contributed by atoms with Crippen molar-refractivity contribution >= 4 is 17.7 Å². The molecule has 0 saturated carbocycles. The van der Waals surface area contributed by atoms with E-state index in [-0.39, 0.29) is 23.7 Å². The van der Waals surface area contributed by atoms with Crippen LogP contribution in [0.4, 0.5) is 4.79 Å². The van der Waals surface area contributed by atoms with Gasteiger partial charge in [0.2, 0.25) is 5.91 Å². The van der Waals surface area contributed by atoms with Crippen LogP contribution in [-0.4, -0.2) is 43.4 Å². The Morgan fingerprint density at radius 3 is 2.33 bits per heavy atom. The molecule has 0 aliphatic heterocycles. The summed E-state index contributed by atoms with van der Waals surface area (Å²) in [5.74, 6) is -0.373. The molecule has 0 bridgehead atoms. The average Bonchev–Trinajstić information content (AvgIpc) is 2.41. The van der Waals surface area contributed by atoms with Crippen LogP contribution < -0.4 is 21.7 Å². The van der Waals surface area contributed by atoms with Crippen molar-refractivity contribution in [2.45, 2.75) is 38.8 Å². The predicted octanol–water partition coefficient (Wildman–Crippen LogP) is -0.0812. The standard InChI is InChI=1S/C14H26N4O3/c1-5-11(19)10(7-6-8-17-14(15)21)18-13(20)12(16-4)9(2)3/h5,9-10,12,16H,1,6-8H2,2-4H3,(H,18,20)(H3,15,17,21)/t10-,12-/m0/s1. The molecule has 2 atom stereocenters. The molecule has 0 aliphatic rings. The summed E-state index contributed by atoms with van der Waals surface area (Å²) in [4.78, 5) is 34.5. The number of amides is 3. The highest BCUT2D eigenvalue weighted by molar-refractivity contribution is 5.97. The number of nitrogens with one attached hydrogen (secondary N) is 3. The zero-order valence-electron chi connectivity index (χ0n) is 12.9. The summed E-state index contributed by atoms with van der Waals surface area (Å²) in [5, 5.41) is 8.09. The van der Waals surface area contributed by atoms with Crippen molar-refractivity contribution < 1.29 is 14.4 Å². The van der Waals surface area contributed by atoms with E-state index < -0.39 is 12.1 Å². The van der Waals surface area contributed by atoms with E-state index in [1.807, 2.05) is 13.8 Å². The van der Waals surface area contributed by atoms with Crippen molar-refractivity contribution in [2.75, 3.05) is 13.6 Å². The third-order valence-electron chi connectivity index (χ3n) is 3.09. The Bertz CT molecular complexity index is 382. The SMILES string of the molecule is C=CC(=O)[C@H](CCCNC(N)=O)NC(=O)[C@@H](NC)C(C)C. The Labute approximate surface area is 125 Å². The quantitative estimate of drug-likeness (QED) is 0.333. The van der Waals surface area contributed by atoms with Crippen molar-refractivity contribution in [1.82, 2.24) is 16.0 Å². The van der Waals surface area contributed by atoms with E-state index in [1.165, 1.54) is 6.08 Å². The first-order valence-electron chi connectivity index (χ1n) is 7.00. The van der Waals surface area contributed by atoms with Crippen LogP contribution in [0.15, 0.2) is 12.7 Å². The van der Waals surface area contributed by atoms with Gasteiger partial charge in [-0.25, -0.2) is 4.79 Å². The highest BCUT2D eigenvalue weighted by atomic mass is 16.2. The number of rotatable bonds is 10. The molecule has 120 valence electrons. The summed E-state index contributed by atoms with van der Waals surface area (Å²) in [6.45, 7) is 7.63. The van der Waals surface area contributed by atoms with E-state index in [9.17, 15) is 14.4 Å². The van der Waals surface area contributed by atoms with Gasteiger partial charge in [-0.3, -0.25) is 9.59 Å². The molecule has 7 heteroatoms. The van der Waals surface area contributed by atoms with Crippen LogP contribution in [0.5, 0.6) is 0 Å². The Kier molecular flexibility index (Phi) is 9.03. The van der Waals surface area contributed by atoms with Gasteiger partial charge >= 0.3 is 6.03 Å². The summed E-state index contributed by atoms with van der Waals surface area (Å²) >= 11 is 0. The molecule has 0 fully saturated rings. The van der Waals surface area contributed by atoms with E-state index in [1.54, 1.807) is 7.05 Å². The summed E-state index contributed by atoms with van der Waals surface area (Å²) in [6.07, 6.45) is 2.13. The molecule has 3 amide bonds. The van der Waals surface area contributed by atoms with E-state index in [0.717, 1.165) is 0 Å². The average molecular weight is 298 g/mol. The van der Waals surface area contributed by atoms with Gasteiger partial charge in [0.05, 0.1) is 12.1 Å². The maximum Gasteiger partial charge on any atom is 0.312 e. The second kappa shape index (κ2) is 9.93. The Hall–Kier alpha value is -1.89. The van der Waals surface area contributed by atoms with Gasteiger partial charge in [0, 0.05) is 6.54 Å². The van der Waals surface area contributed by atoms with Crippen LogP contribution in [0.1, 0.15) is 26.7 Å². The number of carbonyl (C=O) groups is 3. The minimum atomic E-state index is -0.640. The Morgan fingerprint density at radius 2 is 1.90 bits per heavy atom. The van der Waals surface area contributed by atoms with E-state index in [0.29, 0.717) is 19.4 Å². The number of hydrogen-bond donors (Lipinski definition) is 4. The Balaban J connectivity index is 4.55. The monoisotopic (exact) mass is 298 g/mol. The fraction of sp³-hybridized carbons (Fsp3) is 0.643. The molecule has 0 rings (SSSR count). The van der Waals surface area contributed by atoms with Gasteiger partial charge in [0.1, 0.15) is 0 Å². The zero-order valence-corrected chi connectivity index (χ0v) is 12.9. The molecular weight excluding hydrogens is 272 g/mol. The first-order valence-corrected chi connectivity index (χ1v) is 7.00. The van der Waals surface area contributed by atoms with Crippen LogP contribution in [-0.2, 0) is 9.59 Å². The van der Waals surface area contributed by atoms with Crippen molar-refractivity contribution in [1.29, 1.82) is 0 Å². The van der Waals surface area contributed by atoms with E-state index >= 15 is 0 Å². The number of nitrogens with two attached hydrogens (primary N) is 1. The number of urea groups is 1. The minimum Gasteiger partial charge on any atom is -0.352 e. The van der Waals surface area contributed by atoms with Gasteiger partial charge in [-0.15, -0.1) is 0 Å². The fourth-order valence-corrected chi connectivity index (χ4v) is 1.97. The fourth-order valence-electron chi connectivity index (χ4n) is 1.97. The van der Waals surface area contributed by atoms with E-state index in [2.05, 4.69) is 22.5 Å². The maximum absolute atomic E-state index is 12.1. The lowest BCUT2D eigenvalue weighted by atomic mass is 10.0. The van der Waals surface area contributed by atoms with Crippen molar-refractivity contribution in [3.05, 3.63) is 12.7 Å². The number of hydrogen-bond acceptors (Lipinski definition) is 4. The third kappa shape index (κ3) is 7.45. The molecule has 0 aromatic rings. The predicted molar refractivity (Wildman–Crippen MR) is 81.6 cm³/mol. The minimum absolute atomic E-state index is 0.103. The van der Waals surface area contributed by atoms with Gasteiger partial charge < -0.3 is 21.7 Å². The van der Waals surface area contributed by atoms with Gasteiger partial charge in [-0.05, 0) is 31.9 Å². The van der Waals surface area contributed by atoms with Crippen LogP contribution >= 0.6 is 0 Å².